The fraction of sp³-hybridized carbons (Fsp3) is 0.500. The molecule has 0 bridgehead atoms. The van der Waals surface area contributed by atoms with Gasteiger partial charge in [0.2, 0.25) is 15.8 Å². The molecule has 0 unspecified atom stereocenters. The quantitative estimate of drug-likeness (QED) is 0.606. The molecular weight excluding hydrogens is 301 g/mol. The molecule has 0 radical (unpaired) electrons. The van der Waals surface area contributed by atoms with Crippen LogP contribution >= 0.6 is 0 Å². The van der Waals surface area contributed by atoms with Crippen LogP contribution in [0.4, 0.5) is 10.1 Å². The summed E-state index contributed by atoms with van der Waals surface area (Å²) in [5.41, 5.74) is 0.0894. The number of benzene rings is 1. The molecule has 0 saturated carbocycles. The number of nitrogens with zero attached hydrogens (tertiary/aromatic N) is 3. The second-order valence-corrected chi connectivity index (χ2v) is 6.96. The maximum atomic E-state index is 13.5. The average molecular weight is 317 g/mol. The van der Waals surface area contributed by atoms with Gasteiger partial charge in [-0.15, -0.1) is 0 Å². The minimum absolute atomic E-state index is 0.397. The summed E-state index contributed by atoms with van der Waals surface area (Å²) in [5, 5.41) is 10.5. The Bertz CT molecular complexity index is 642. The van der Waals surface area contributed by atoms with Gasteiger partial charge < -0.3 is 0 Å². The third-order valence-electron chi connectivity index (χ3n) is 3.42. The largest absolute Gasteiger partial charge is 0.304 e. The molecule has 116 valence electrons. The van der Waals surface area contributed by atoms with Gasteiger partial charge in [0.15, 0.2) is 0 Å². The summed E-state index contributed by atoms with van der Waals surface area (Å²) < 4.78 is 37.7. The van der Waals surface area contributed by atoms with Crippen LogP contribution in [0, 0.1) is 15.9 Å². The van der Waals surface area contributed by atoms with Crippen LogP contribution in [0.3, 0.4) is 0 Å². The van der Waals surface area contributed by atoms with E-state index in [4.69, 9.17) is 0 Å². The van der Waals surface area contributed by atoms with Gasteiger partial charge in [-0.1, -0.05) is 6.07 Å². The van der Waals surface area contributed by atoms with Crippen molar-refractivity contribution in [2.45, 2.75) is 6.54 Å². The van der Waals surface area contributed by atoms with E-state index in [2.05, 4.69) is 0 Å². The molecule has 2 rings (SSSR count). The molecule has 0 N–H and O–H groups in total. The van der Waals surface area contributed by atoms with Crippen molar-refractivity contribution in [3.8, 4) is 0 Å². The Morgan fingerprint density at radius 3 is 2.38 bits per heavy atom. The van der Waals surface area contributed by atoms with E-state index >= 15 is 0 Å². The lowest BCUT2D eigenvalue weighted by Gasteiger charge is -2.33. The first-order valence-electron chi connectivity index (χ1n) is 6.37. The van der Waals surface area contributed by atoms with Crippen LogP contribution < -0.4 is 0 Å². The van der Waals surface area contributed by atoms with Crippen LogP contribution in [0.25, 0.3) is 0 Å². The smallest absolute Gasteiger partial charge is 0.296 e. The summed E-state index contributed by atoms with van der Waals surface area (Å²) in [4.78, 5) is 11.8. The van der Waals surface area contributed by atoms with Crippen LogP contribution in [0.5, 0.6) is 0 Å². The molecule has 1 aromatic rings. The summed E-state index contributed by atoms with van der Waals surface area (Å²) in [6, 6.07) is 3.82. The Hall–Kier alpha value is -1.58. The fourth-order valence-corrected chi connectivity index (χ4v) is 3.10. The van der Waals surface area contributed by atoms with Crippen molar-refractivity contribution < 1.29 is 17.7 Å². The third-order valence-corrected chi connectivity index (χ3v) is 4.72. The molecule has 0 atom stereocenters. The molecule has 9 heteroatoms. The Morgan fingerprint density at radius 2 is 1.90 bits per heavy atom. The van der Waals surface area contributed by atoms with Crippen LogP contribution in [-0.4, -0.2) is 55.0 Å². The summed E-state index contributed by atoms with van der Waals surface area (Å²) in [6.07, 6.45) is 1.17. The van der Waals surface area contributed by atoms with E-state index in [1.54, 1.807) is 0 Å². The highest BCUT2D eigenvalue weighted by molar-refractivity contribution is 7.88. The fourth-order valence-electron chi connectivity index (χ4n) is 2.27. The number of rotatable bonds is 4. The Kier molecular flexibility index (Phi) is 4.55. The molecule has 1 aromatic carbocycles. The lowest BCUT2D eigenvalue weighted by atomic mass is 10.1. The number of hydrogen-bond donors (Lipinski definition) is 0. The molecule has 1 aliphatic heterocycles. The van der Waals surface area contributed by atoms with Crippen molar-refractivity contribution in [2.24, 2.45) is 0 Å². The van der Waals surface area contributed by atoms with Gasteiger partial charge in [0.1, 0.15) is 0 Å². The molecule has 21 heavy (non-hydrogen) atoms. The van der Waals surface area contributed by atoms with Crippen molar-refractivity contribution in [3.05, 3.63) is 39.7 Å². The number of nitro benzene ring substituents is 1. The summed E-state index contributed by atoms with van der Waals surface area (Å²) in [5.74, 6) is -0.854. The molecule has 1 heterocycles. The average Bonchev–Trinajstić information content (AvgIpc) is 2.38. The van der Waals surface area contributed by atoms with Gasteiger partial charge in [0.25, 0.3) is 0 Å². The Balaban J connectivity index is 1.98. The lowest BCUT2D eigenvalue weighted by molar-refractivity contribution is -0.387. The molecule has 0 spiro atoms. The zero-order valence-electron chi connectivity index (χ0n) is 11.5. The van der Waals surface area contributed by atoms with Gasteiger partial charge in [-0.2, -0.15) is 8.70 Å². The van der Waals surface area contributed by atoms with Crippen LogP contribution in [-0.2, 0) is 16.6 Å². The van der Waals surface area contributed by atoms with Crippen molar-refractivity contribution in [1.82, 2.24) is 9.21 Å². The van der Waals surface area contributed by atoms with E-state index < -0.39 is 26.5 Å². The van der Waals surface area contributed by atoms with Crippen molar-refractivity contribution >= 4 is 15.7 Å². The first-order chi connectivity index (χ1) is 9.77. The van der Waals surface area contributed by atoms with E-state index in [-0.39, 0.29) is 0 Å². The highest BCUT2D eigenvalue weighted by atomic mass is 32.2. The number of halogens is 1. The summed E-state index contributed by atoms with van der Waals surface area (Å²) in [6.45, 7) is 2.33. The highest BCUT2D eigenvalue weighted by Gasteiger charge is 2.23. The number of hydrogen-bond acceptors (Lipinski definition) is 5. The molecule has 0 amide bonds. The summed E-state index contributed by atoms with van der Waals surface area (Å²) >= 11 is 0. The maximum Gasteiger partial charge on any atom is 0.304 e. The number of piperazine rings is 1. The number of nitro groups is 1. The lowest BCUT2D eigenvalue weighted by Crippen LogP contribution is -2.47. The van der Waals surface area contributed by atoms with E-state index in [0.29, 0.717) is 38.3 Å². The standard InChI is InChI=1S/C12H16FN3O4S/c1-21(19,20)15-6-4-14(5-7-15)9-10-2-3-12(16(17)18)11(13)8-10/h2-3,8H,4-7,9H2,1H3. The van der Waals surface area contributed by atoms with Crippen molar-refractivity contribution in [3.63, 3.8) is 0 Å². The van der Waals surface area contributed by atoms with Crippen LogP contribution in [0.15, 0.2) is 18.2 Å². The van der Waals surface area contributed by atoms with Gasteiger partial charge in [-0.25, -0.2) is 8.42 Å². The second-order valence-electron chi connectivity index (χ2n) is 4.98. The molecular formula is C12H16FN3O4S. The first kappa shape index (κ1) is 15.8. The Labute approximate surface area is 122 Å². The minimum Gasteiger partial charge on any atom is -0.296 e. The van der Waals surface area contributed by atoms with Gasteiger partial charge in [0, 0.05) is 38.8 Å². The number of sulfonamides is 1. The Morgan fingerprint density at radius 1 is 1.29 bits per heavy atom. The first-order valence-corrected chi connectivity index (χ1v) is 8.22. The van der Waals surface area contributed by atoms with E-state index in [0.717, 1.165) is 12.1 Å². The van der Waals surface area contributed by atoms with E-state index in [1.807, 2.05) is 4.90 Å². The molecule has 7 nitrogen and oxygen atoms in total. The topological polar surface area (TPSA) is 83.8 Å². The van der Waals surface area contributed by atoms with Crippen molar-refractivity contribution in [2.75, 3.05) is 32.4 Å². The highest BCUT2D eigenvalue weighted by Crippen LogP contribution is 2.19. The van der Waals surface area contributed by atoms with Crippen LogP contribution in [0.2, 0.25) is 0 Å². The molecule has 0 aliphatic carbocycles. The molecule has 1 aliphatic rings. The van der Waals surface area contributed by atoms with E-state index in [9.17, 15) is 22.9 Å². The molecule has 1 saturated heterocycles. The normalized spacial score (nSPS) is 17.8. The van der Waals surface area contributed by atoms with Gasteiger partial charge >= 0.3 is 5.69 Å². The monoisotopic (exact) mass is 317 g/mol. The zero-order valence-corrected chi connectivity index (χ0v) is 12.3. The van der Waals surface area contributed by atoms with Crippen LogP contribution in [0.1, 0.15) is 5.56 Å². The van der Waals surface area contributed by atoms with Crippen molar-refractivity contribution in [1.29, 1.82) is 0 Å². The predicted octanol–water partition coefficient (Wildman–Crippen LogP) is 0.811. The van der Waals surface area contributed by atoms with Gasteiger partial charge in [0.05, 0.1) is 11.2 Å². The minimum atomic E-state index is -3.17. The molecule has 0 aromatic heterocycles. The molecule has 1 fully saturated rings. The maximum absolute atomic E-state index is 13.5. The second kappa shape index (κ2) is 6.04. The van der Waals surface area contributed by atoms with E-state index in [1.165, 1.54) is 16.6 Å². The van der Waals surface area contributed by atoms with Gasteiger partial charge in [-0.05, 0) is 11.6 Å². The SMILES string of the molecule is CS(=O)(=O)N1CCN(Cc2ccc([N+](=O)[O-])c(F)c2)CC1. The van der Waals surface area contributed by atoms with Gasteiger partial charge in [-0.3, -0.25) is 15.0 Å². The third kappa shape index (κ3) is 3.96. The zero-order chi connectivity index (χ0) is 15.6. The predicted molar refractivity (Wildman–Crippen MR) is 74.7 cm³/mol. The summed E-state index contributed by atoms with van der Waals surface area (Å²) in [7, 11) is -3.17.